The van der Waals surface area contributed by atoms with Gasteiger partial charge in [-0.05, 0) is 51.5 Å². The molecule has 0 aliphatic rings. The third-order valence-corrected chi connectivity index (χ3v) is 6.00. The van der Waals surface area contributed by atoms with E-state index in [1.54, 1.807) is 0 Å². The van der Waals surface area contributed by atoms with E-state index in [0.717, 1.165) is 21.6 Å². The van der Waals surface area contributed by atoms with Gasteiger partial charge in [0.25, 0.3) is 18.2 Å². The van der Waals surface area contributed by atoms with Crippen molar-refractivity contribution in [2.24, 2.45) is 5.73 Å². The van der Waals surface area contributed by atoms with Crippen LogP contribution in [-0.4, -0.2) is 48.2 Å². The van der Waals surface area contributed by atoms with Crippen LogP contribution in [0.15, 0.2) is 46.9 Å². The number of amides is 2. The maximum absolute atomic E-state index is 13.2. The highest BCUT2D eigenvalue weighted by molar-refractivity contribution is 9.10. The molecule has 204 valence electrons. The molecule has 4 aromatic rings. The number of nitrogens with two attached hydrogens (primary N) is 1. The molecule has 0 saturated carbocycles. The molecule has 17 heteroatoms. The minimum absolute atomic E-state index is 0.0141. The molecule has 0 spiro atoms. The molecule has 0 aliphatic carbocycles. The number of primary amides is 1. The molecule has 2 amide bonds. The lowest BCUT2D eigenvalue weighted by Gasteiger charge is -2.12. The number of rotatable bonds is 8. The SMILES string of the molecule is NC(=O)c1cc(Cl)cc(Br)c1NC(=O)c1cc(Cn2nnc(-c3ccc(C(F)(F)F)cc3)n2)nn1CC(F)F. The van der Waals surface area contributed by atoms with E-state index >= 15 is 0 Å². The third kappa shape index (κ3) is 6.57. The Hall–Kier alpha value is -3.92. The smallest absolute Gasteiger partial charge is 0.366 e. The number of hydrogen-bond donors (Lipinski definition) is 2. The van der Waals surface area contributed by atoms with Gasteiger partial charge in [-0.1, -0.05) is 23.7 Å². The van der Waals surface area contributed by atoms with Gasteiger partial charge in [0.05, 0.1) is 22.5 Å². The summed E-state index contributed by atoms with van der Waals surface area (Å²) in [5, 5.41) is 18.3. The van der Waals surface area contributed by atoms with Crippen molar-refractivity contribution in [2.45, 2.75) is 25.7 Å². The van der Waals surface area contributed by atoms with Crippen molar-refractivity contribution >= 4 is 45.0 Å². The topological polar surface area (TPSA) is 134 Å². The Bertz CT molecular complexity index is 1540. The molecule has 0 fully saturated rings. The number of alkyl halides is 5. The standard InChI is InChI=1S/C22H15BrClF5N8O2/c23-15-6-12(24)5-14(19(30)38)18(15)31-21(39)16-7-13(33-36(16)9-17(25)26)8-37-34-20(32-35-37)10-1-3-11(4-2-10)22(27,28)29/h1-7,17H,8-9H2,(H2,30,38)(H,31,39). The predicted molar refractivity (Wildman–Crippen MR) is 131 cm³/mol. The number of aromatic nitrogens is 6. The lowest BCUT2D eigenvalue weighted by Crippen LogP contribution is -2.22. The zero-order valence-electron chi connectivity index (χ0n) is 19.3. The Balaban J connectivity index is 1.58. The zero-order chi connectivity index (χ0) is 28.5. The molecular formula is C22H15BrClF5N8O2. The number of carbonyl (C=O) groups is 2. The van der Waals surface area contributed by atoms with Crippen LogP contribution >= 0.6 is 27.5 Å². The summed E-state index contributed by atoms with van der Waals surface area (Å²) in [6, 6.07) is 7.95. The van der Waals surface area contributed by atoms with Crippen molar-refractivity contribution in [3.63, 3.8) is 0 Å². The van der Waals surface area contributed by atoms with Crippen molar-refractivity contribution in [3.05, 3.63) is 74.5 Å². The number of carbonyl (C=O) groups excluding carboxylic acids is 2. The molecule has 3 N–H and O–H groups in total. The molecule has 2 aromatic heterocycles. The Morgan fingerprint density at radius 3 is 2.41 bits per heavy atom. The number of hydrogen-bond acceptors (Lipinski definition) is 6. The van der Waals surface area contributed by atoms with Gasteiger partial charge in [-0.15, -0.1) is 10.2 Å². The number of nitrogens with one attached hydrogen (secondary N) is 1. The summed E-state index contributed by atoms with van der Waals surface area (Å²) in [6.45, 7) is -1.13. The highest BCUT2D eigenvalue weighted by Crippen LogP contribution is 2.32. The highest BCUT2D eigenvalue weighted by Gasteiger charge is 2.30. The molecule has 2 heterocycles. The Kier molecular flexibility index (Phi) is 7.96. The van der Waals surface area contributed by atoms with Crippen molar-refractivity contribution in [1.29, 1.82) is 0 Å². The second kappa shape index (κ2) is 11.1. The average molecular weight is 634 g/mol. The van der Waals surface area contributed by atoms with Crippen molar-refractivity contribution in [1.82, 2.24) is 30.0 Å². The van der Waals surface area contributed by atoms with Gasteiger partial charge in [-0.3, -0.25) is 14.3 Å². The molecule has 0 saturated heterocycles. The second-order valence-electron chi connectivity index (χ2n) is 7.94. The number of tetrazole rings is 1. The van der Waals surface area contributed by atoms with Gasteiger partial charge >= 0.3 is 6.18 Å². The fraction of sp³-hybridized carbons (Fsp3) is 0.182. The van der Waals surface area contributed by atoms with Gasteiger partial charge in [0.2, 0.25) is 5.82 Å². The summed E-state index contributed by atoms with van der Waals surface area (Å²) >= 11 is 9.11. The number of benzene rings is 2. The van der Waals surface area contributed by atoms with Crippen LogP contribution < -0.4 is 11.1 Å². The maximum atomic E-state index is 13.2. The van der Waals surface area contributed by atoms with E-state index in [9.17, 15) is 31.5 Å². The first-order valence-electron chi connectivity index (χ1n) is 10.7. The Morgan fingerprint density at radius 2 is 1.79 bits per heavy atom. The number of nitrogens with zero attached hydrogens (tertiary/aromatic N) is 6. The molecule has 0 unspecified atom stereocenters. The lowest BCUT2D eigenvalue weighted by atomic mass is 10.1. The predicted octanol–water partition coefficient (Wildman–Crippen LogP) is 4.64. The maximum Gasteiger partial charge on any atom is 0.416 e. The molecular weight excluding hydrogens is 619 g/mol. The van der Waals surface area contributed by atoms with Crippen LogP contribution in [-0.2, 0) is 19.3 Å². The first-order chi connectivity index (χ1) is 18.3. The van der Waals surface area contributed by atoms with Crippen LogP contribution in [0.25, 0.3) is 11.4 Å². The van der Waals surface area contributed by atoms with Crippen LogP contribution in [0.4, 0.5) is 27.6 Å². The fourth-order valence-electron chi connectivity index (χ4n) is 3.45. The van der Waals surface area contributed by atoms with E-state index < -0.39 is 36.5 Å². The minimum atomic E-state index is -4.50. The van der Waals surface area contributed by atoms with Crippen LogP contribution in [0.3, 0.4) is 0 Å². The fourth-order valence-corrected chi connectivity index (χ4v) is 4.36. The molecule has 0 atom stereocenters. The van der Waals surface area contributed by atoms with E-state index in [1.165, 1.54) is 30.3 Å². The summed E-state index contributed by atoms with van der Waals surface area (Å²) in [7, 11) is 0. The van der Waals surface area contributed by atoms with Gasteiger partial charge in [-0.2, -0.15) is 23.1 Å². The van der Waals surface area contributed by atoms with Gasteiger partial charge in [0, 0.05) is 15.1 Å². The summed E-state index contributed by atoms with van der Waals surface area (Å²) in [5.74, 6) is -1.76. The van der Waals surface area contributed by atoms with E-state index in [2.05, 4.69) is 41.8 Å². The van der Waals surface area contributed by atoms with Crippen molar-refractivity contribution < 1.29 is 31.5 Å². The molecule has 39 heavy (non-hydrogen) atoms. The monoisotopic (exact) mass is 632 g/mol. The quantitative estimate of drug-likeness (QED) is 0.272. The molecule has 10 nitrogen and oxygen atoms in total. The highest BCUT2D eigenvalue weighted by atomic mass is 79.9. The van der Waals surface area contributed by atoms with E-state index in [0.29, 0.717) is 0 Å². The third-order valence-electron chi connectivity index (χ3n) is 5.16. The Morgan fingerprint density at radius 1 is 1.10 bits per heavy atom. The van der Waals surface area contributed by atoms with E-state index in [1.807, 2.05) is 0 Å². The van der Waals surface area contributed by atoms with Gasteiger partial charge < -0.3 is 11.1 Å². The summed E-state index contributed by atoms with van der Waals surface area (Å²) in [6.07, 6.45) is -7.36. The van der Waals surface area contributed by atoms with Gasteiger partial charge in [-0.25, -0.2) is 8.78 Å². The number of anilines is 1. The largest absolute Gasteiger partial charge is 0.416 e. The molecule has 4 rings (SSSR count). The van der Waals surface area contributed by atoms with Crippen molar-refractivity contribution in [3.8, 4) is 11.4 Å². The van der Waals surface area contributed by atoms with Gasteiger partial charge in [0.1, 0.15) is 18.8 Å². The van der Waals surface area contributed by atoms with E-state index in [-0.39, 0.29) is 50.1 Å². The molecule has 2 aromatic carbocycles. The second-order valence-corrected chi connectivity index (χ2v) is 9.23. The zero-order valence-corrected chi connectivity index (χ0v) is 21.6. The Labute approximate surface area is 229 Å². The number of halogens is 7. The first kappa shape index (κ1) is 28.1. The molecule has 0 aliphatic heterocycles. The summed E-state index contributed by atoms with van der Waals surface area (Å²) in [4.78, 5) is 25.9. The van der Waals surface area contributed by atoms with Crippen molar-refractivity contribution in [2.75, 3.05) is 5.32 Å². The summed E-state index contributed by atoms with van der Waals surface area (Å²) < 4.78 is 65.8. The normalized spacial score (nSPS) is 11.7. The van der Waals surface area contributed by atoms with Crippen LogP contribution in [0.2, 0.25) is 5.02 Å². The minimum Gasteiger partial charge on any atom is -0.366 e. The van der Waals surface area contributed by atoms with Gasteiger partial charge in [0.15, 0.2) is 0 Å². The molecule has 0 radical (unpaired) electrons. The van der Waals surface area contributed by atoms with Crippen LogP contribution in [0, 0.1) is 0 Å². The molecule has 0 bridgehead atoms. The lowest BCUT2D eigenvalue weighted by molar-refractivity contribution is -0.137. The average Bonchev–Trinajstić information content (AvgIpc) is 3.46. The van der Waals surface area contributed by atoms with Crippen LogP contribution in [0.5, 0.6) is 0 Å². The van der Waals surface area contributed by atoms with Crippen LogP contribution in [0.1, 0.15) is 32.1 Å². The first-order valence-corrected chi connectivity index (χ1v) is 11.9. The van der Waals surface area contributed by atoms with E-state index in [4.69, 9.17) is 17.3 Å². The summed E-state index contributed by atoms with van der Waals surface area (Å²) in [5.41, 5.74) is 4.46.